The number of amides is 2. The van der Waals surface area contributed by atoms with Crippen LogP contribution in [-0.2, 0) is 9.59 Å². The Morgan fingerprint density at radius 1 is 1.16 bits per heavy atom. The fraction of sp³-hybridized carbons (Fsp3) is 0.105. The number of nitrogens with one attached hydrogen (secondary N) is 1. The molecule has 1 aliphatic rings. The highest BCUT2D eigenvalue weighted by Gasteiger charge is 2.26. The Morgan fingerprint density at radius 2 is 1.96 bits per heavy atom. The van der Waals surface area contributed by atoms with E-state index in [2.05, 4.69) is 10.3 Å². The van der Waals surface area contributed by atoms with E-state index in [4.69, 9.17) is 0 Å². The van der Waals surface area contributed by atoms with E-state index in [1.807, 2.05) is 54.6 Å². The highest BCUT2D eigenvalue weighted by atomic mass is 32.2. The first-order chi connectivity index (χ1) is 12.2. The second-order valence-corrected chi connectivity index (χ2v) is 6.72. The molecule has 3 aromatic rings. The van der Waals surface area contributed by atoms with Crippen LogP contribution in [0.4, 0.5) is 11.4 Å². The number of benzene rings is 2. The number of pyridine rings is 1. The first-order valence-electron chi connectivity index (χ1n) is 7.87. The van der Waals surface area contributed by atoms with E-state index in [0.717, 1.165) is 21.5 Å². The van der Waals surface area contributed by atoms with Gasteiger partial charge in [0.1, 0.15) is 6.54 Å². The minimum Gasteiger partial charge on any atom is -0.323 e. The van der Waals surface area contributed by atoms with E-state index < -0.39 is 0 Å². The molecule has 2 amide bonds. The van der Waals surface area contributed by atoms with Crippen molar-refractivity contribution >= 4 is 45.9 Å². The van der Waals surface area contributed by atoms with Crippen LogP contribution >= 0.6 is 11.8 Å². The summed E-state index contributed by atoms with van der Waals surface area (Å²) in [7, 11) is 0. The third-order valence-electron chi connectivity index (χ3n) is 3.98. The van der Waals surface area contributed by atoms with Crippen LogP contribution in [0.2, 0.25) is 0 Å². The van der Waals surface area contributed by atoms with Gasteiger partial charge in [-0.25, -0.2) is 0 Å². The summed E-state index contributed by atoms with van der Waals surface area (Å²) in [5.74, 6) is 0.0459. The number of anilines is 2. The lowest BCUT2D eigenvalue weighted by molar-refractivity contribution is -0.120. The van der Waals surface area contributed by atoms with E-state index in [1.54, 1.807) is 6.20 Å². The molecule has 1 aliphatic heterocycles. The zero-order chi connectivity index (χ0) is 17.2. The van der Waals surface area contributed by atoms with Crippen molar-refractivity contribution in [3.8, 4) is 0 Å². The molecule has 0 bridgehead atoms. The molecule has 1 N–H and O–H groups in total. The summed E-state index contributed by atoms with van der Waals surface area (Å²) >= 11 is 1.50. The molecule has 0 atom stereocenters. The predicted octanol–water partition coefficient (Wildman–Crippen LogP) is 3.31. The summed E-state index contributed by atoms with van der Waals surface area (Å²) in [6.45, 7) is -0.0107. The summed E-state index contributed by atoms with van der Waals surface area (Å²) in [5, 5.41) is 3.79. The Kier molecular flexibility index (Phi) is 4.11. The zero-order valence-corrected chi connectivity index (χ0v) is 14.1. The SMILES string of the molecule is O=C(CN1C(=O)CSc2ccccc21)Nc1cnc2ccccc2c1. The van der Waals surface area contributed by atoms with Crippen LogP contribution in [0.3, 0.4) is 0 Å². The van der Waals surface area contributed by atoms with Gasteiger partial charge in [0, 0.05) is 10.3 Å². The largest absolute Gasteiger partial charge is 0.323 e. The number of nitrogens with zero attached hydrogens (tertiary/aromatic N) is 2. The van der Waals surface area contributed by atoms with Gasteiger partial charge in [-0.05, 0) is 24.3 Å². The Labute approximate surface area is 149 Å². The second-order valence-electron chi connectivity index (χ2n) is 5.70. The Bertz CT molecular complexity index is 974. The number of carbonyl (C=O) groups excluding carboxylic acids is 2. The Balaban J connectivity index is 1.52. The summed E-state index contributed by atoms with van der Waals surface area (Å²) in [6.07, 6.45) is 1.63. The van der Waals surface area contributed by atoms with Crippen molar-refractivity contribution in [2.45, 2.75) is 4.90 Å². The first kappa shape index (κ1) is 15.7. The monoisotopic (exact) mass is 349 g/mol. The van der Waals surface area contributed by atoms with Crippen LogP contribution < -0.4 is 10.2 Å². The van der Waals surface area contributed by atoms with E-state index in [-0.39, 0.29) is 18.4 Å². The maximum Gasteiger partial charge on any atom is 0.244 e. The summed E-state index contributed by atoms with van der Waals surface area (Å²) in [6, 6.07) is 17.2. The first-order valence-corrected chi connectivity index (χ1v) is 8.86. The zero-order valence-electron chi connectivity index (χ0n) is 13.3. The van der Waals surface area contributed by atoms with Gasteiger partial charge in [-0.1, -0.05) is 30.3 Å². The molecule has 2 heterocycles. The molecular formula is C19H15N3O2S. The summed E-state index contributed by atoms with van der Waals surface area (Å²) < 4.78 is 0. The van der Waals surface area contributed by atoms with Gasteiger partial charge >= 0.3 is 0 Å². The quantitative estimate of drug-likeness (QED) is 0.788. The number of aromatic nitrogens is 1. The smallest absolute Gasteiger partial charge is 0.244 e. The van der Waals surface area contributed by atoms with Crippen LogP contribution in [0.15, 0.2) is 65.7 Å². The average molecular weight is 349 g/mol. The van der Waals surface area contributed by atoms with E-state index >= 15 is 0 Å². The Hall–Kier alpha value is -2.86. The molecule has 0 saturated carbocycles. The van der Waals surface area contributed by atoms with Gasteiger partial charge in [0.2, 0.25) is 11.8 Å². The van der Waals surface area contributed by atoms with Crippen molar-refractivity contribution < 1.29 is 9.59 Å². The molecule has 0 radical (unpaired) electrons. The Morgan fingerprint density at radius 3 is 2.88 bits per heavy atom. The third kappa shape index (κ3) is 3.21. The van der Waals surface area contributed by atoms with Crippen LogP contribution in [0.5, 0.6) is 0 Å². The standard InChI is InChI=1S/C19H15N3O2S/c23-18(21-14-9-13-5-1-2-6-15(13)20-10-14)11-22-16-7-3-4-8-17(16)25-12-19(22)24/h1-10H,11-12H2,(H,21,23). The van der Waals surface area contributed by atoms with Crippen LogP contribution in [-0.4, -0.2) is 29.1 Å². The molecule has 5 nitrogen and oxygen atoms in total. The van der Waals surface area contributed by atoms with Crippen LogP contribution in [0.25, 0.3) is 10.9 Å². The fourth-order valence-corrected chi connectivity index (χ4v) is 3.75. The molecule has 0 unspecified atom stereocenters. The molecule has 124 valence electrons. The lowest BCUT2D eigenvalue weighted by Gasteiger charge is -2.28. The van der Waals surface area contributed by atoms with E-state index in [9.17, 15) is 9.59 Å². The molecule has 0 saturated heterocycles. The number of hydrogen-bond acceptors (Lipinski definition) is 4. The van der Waals surface area contributed by atoms with E-state index in [1.165, 1.54) is 16.7 Å². The molecular weight excluding hydrogens is 334 g/mol. The van der Waals surface area contributed by atoms with Crippen molar-refractivity contribution in [1.82, 2.24) is 4.98 Å². The third-order valence-corrected chi connectivity index (χ3v) is 5.03. The molecule has 25 heavy (non-hydrogen) atoms. The highest BCUT2D eigenvalue weighted by molar-refractivity contribution is 8.00. The maximum absolute atomic E-state index is 12.4. The van der Waals surface area contributed by atoms with Gasteiger partial charge in [-0.3, -0.25) is 14.6 Å². The molecule has 6 heteroatoms. The number of hydrogen-bond donors (Lipinski definition) is 1. The van der Waals surface area contributed by atoms with Crippen molar-refractivity contribution in [3.63, 3.8) is 0 Å². The van der Waals surface area contributed by atoms with Crippen molar-refractivity contribution in [2.75, 3.05) is 22.5 Å². The fourth-order valence-electron chi connectivity index (χ4n) is 2.81. The number of para-hydroxylation sites is 2. The molecule has 2 aromatic carbocycles. The van der Waals surface area contributed by atoms with Crippen molar-refractivity contribution in [2.24, 2.45) is 0 Å². The van der Waals surface area contributed by atoms with Gasteiger partial charge in [0.05, 0.1) is 28.8 Å². The summed E-state index contributed by atoms with van der Waals surface area (Å²) in [5.41, 5.74) is 2.28. The normalized spacial score (nSPS) is 13.6. The molecule has 1 aromatic heterocycles. The topological polar surface area (TPSA) is 62.3 Å². The molecule has 0 aliphatic carbocycles. The minimum absolute atomic E-state index is 0.0107. The number of thioether (sulfide) groups is 1. The summed E-state index contributed by atoms with van der Waals surface area (Å²) in [4.78, 5) is 31.6. The van der Waals surface area contributed by atoms with Gasteiger partial charge < -0.3 is 10.2 Å². The maximum atomic E-state index is 12.4. The van der Waals surface area contributed by atoms with Gasteiger partial charge in [0.15, 0.2) is 0 Å². The lowest BCUT2D eigenvalue weighted by Crippen LogP contribution is -2.41. The number of carbonyl (C=O) groups is 2. The molecule has 0 spiro atoms. The van der Waals surface area contributed by atoms with Crippen molar-refractivity contribution in [3.05, 3.63) is 60.8 Å². The lowest BCUT2D eigenvalue weighted by atomic mass is 10.2. The molecule has 4 rings (SSSR count). The predicted molar refractivity (Wildman–Crippen MR) is 99.9 cm³/mol. The van der Waals surface area contributed by atoms with Gasteiger partial charge in [0.25, 0.3) is 0 Å². The minimum atomic E-state index is -0.243. The van der Waals surface area contributed by atoms with E-state index in [0.29, 0.717) is 11.4 Å². The highest BCUT2D eigenvalue weighted by Crippen LogP contribution is 2.34. The van der Waals surface area contributed by atoms with Crippen molar-refractivity contribution in [1.29, 1.82) is 0 Å². The number of rotatable bonds is 3. The van der Waals surface area contributed by atoms with Gasteiger partial charge in [-0.15, -0.1) is 11.8 Å². The molecule has 0 fully saturated rings. The van der Waals surface area contributed by atoms with Gasteiger partial charge in [-0.2, -0.15) is 0 Å². The van der Waals surface area contributed by atoms with Crippen LogP contribution in [0.1, 0.15) is 0 Å². The average Bonchev–Trinajstić information content (AvgIpc) is 2.64. The van der Waals surface area contributed by atoms with Crippen LogP contribution in [0, 0.1) is 0 Å². The number of fused-ring (bicyclic) bond motifs is 2. The second kappa shape index (κ2) is 6.57.